The Morgan fingerprint density at radius 3 is 1.59 bits per heavy atom. The zero-order valence-electron chi connectivity index (χ0n) is 7.99. The minimum Gasteiger partial charge on any atom is -0.482 e. The van der Waals surface area contributed by atoms with E-state index in [1.807, 2.05) is 0 Å². The van der Waals surface area contributed by atoms with Crippen LogP contribution in [-0.2, 0) is 7.59 Å². The first-order valence-corrected chi connectivity index (χ1v) is 7.52. The molecule has 0 amide bonds. The molecule has 0 aliphatic heterocycles. The Kier molecular flexibility index (Phi) is 5.87. The minimum atomic E-state index is -1.61. The summed E-state index contributed by atoms with van der Waals surface area (Å²) in [7, 11) is 0. The Hall–Kier alpha value is 1.24. The van der Waals surface area contributed by atoms with Crippen LogP contribution in [0.2, 0.25) is 0 Å². The molecule has 0 N–H and O–H groups in total. The van der Waals surface area contributed by atoms with E-state index in [-0.39, 0.29) is 5.52 Å². The third-order valence-electron chi connectivity index (χ3n) is 1.78. The van der Waals surface area contributed by atoms with Crippen LogP contribution in [-0.4, -0.2) is 5.52 Å². The maximum atomic E-state index is 5.79. The Morgan fingerprint density at radius 1 is 0.882 bits per heavy atom. The van der Waals surface area contributed by atoms with E-state index >= 15 is 0 Å². The summed E-state index contributed by atoms with van der Waals surface area (Å²) in [5.74, 6) is 0.437. The normalized spacial score (nSPS) is 12.6. The van der Waals surface area contributed by atoms with Gasteiger partial charge in [-0.3, -0.25) is 0 Å². The molecular weight excluding hydrogens is 417 g/mol. The van der Waals surface area contributed by atoms with Crippen molar-refractivity contribution in [2.45, 2.75) is 7.59 Å². The van der Waals surface area contributed by atoms with Crippen molar-refractivity contribution in [2.75, 3.05) is 5.52 Å². The zero-order valence-corrected chi connectivity index (χ0v) is 14.1. The highest BCUT2D eigenvalue weighted by molar-refractivity contribution is 9.09. The third kappa shape index (κ3) is 5.02. The van der Waals surface area contributed by atoms with Crippen molar-refractivity contribution < 1.29 is 4.74 Å². The van der Waals surface area contributed by atoms with Crippen molar-refractivity contribution in [2.24, 2.45) is 0 Å². The first kappa shape index (κ1) is 16.3. The molecule has 0 fully saturated rings. The molecule has 17 heavy (non-hydrogen) atoms. The fourth-order valence-corrected chi connectivity index (χ4v) is 1.99. The first-order chi connectivity index (χ1) is 7.64. The summed E-state index contributed by atoms with van der Waals surface area (Å²) in [6, 6.07) is 4.63. The molecule has 0 heterocycles. The fraction of sp³-hybridized carbons (Fsp3) is 0.333. The van der Waals surface area contributed by atoms with Crippen LogP contribution in [0.1, 0.15) is 11.1 Å². The van der Waals surface area contributed by atoms with Crippen LogP contribution in [0.15, 0.2) is 18.2 Å². The average Bonchev–Trinajstić information content (AvgIpc) is 2.15. The van der Waals surface area contributed by atoms with Gasteiger partial charge in [0.1, 0.15) is 11.3 Å². The van der Waals surface area contributed by atoms with Crippen LogP contribution >= 0.6 is 85.5 Å². The standard InChI is InChI=1S/C9H5BrCl6O/c10-4-17-7-2-5(8(11,12)13)1-6(3-7)9(14,15)16/h1-3H,4H2. The van der Waals surface area contributed by atoms with Gasteiger partial charge in [0.25, 0.3) is 0 Å². The van der Waals surface area contributed by atoms with Gasteiger partial charge in [-0.15, -0.1) is 0 Å². The lowest BCUT2D eigenvalue weighted by molar-refractivity contribution is 0.397. The second-order valence-corrected chi connectivity index (χ2v) is 8.02. The summed E-state index contributed by atoms with van der Waals surface area (Å²) in [6.07, 6.45) is 0. The van der Waals surface area contributed by atoms with Crippen LogP contribution < -0.4 is 4.74 Å². The van der Waals surface area contributed by atoms with Gasteiger partial charge >= 0.3 is 0 Å². The maximum Gasteiger partial charge on any atom is 0.216 e. The van der Waals surface area contributed by atoms with Crippen LogP contribution in [0.4, 0.5) is 0 Å². The van der Waals surface area contributed by atoms with E-state index in [1.54, 1.807) is 12.1 Å². The van der Waals surface area contributed by atoms with Gasteiger partial charge in [0.2, 0.25) is 7.59 Å². The first-order valence-electron chi connectivity index (χ1n) is 4.13. The predicted molar refractivity (Wildman–Crippen MR) is 79.3 cm³/mol. The molecule has 1 nitrogen and oxygen atoms in total. The number of rotatable bonds is 2. The fourth-order valence-electron chi connectivity index (χ4n) is 1.07. The molecule has 0 radical (unpaired) electrons. The zero-order chi connectivity index (χ0) is 13.3. The van der Waals surface area contributed by atoms with Crippen molar-refractivity contribution in [1.29, 1.82) is 0 Å². The number of halogens is 7. The molecule has 0 spiro atoms. The number of alkyl halides is 7. The van der Waals surface area contributed by atoms with Crippen molar-refractivity contribution in [3.05, 3.63) is 29.3 Å². The molecule has 96 valence electrons. The van der Waals surface area contributed by atoms with Crippen LogP contribution in [0.3, 0.4) is 0 Å². The minimum absolute atomic E-state index is 0.273. The Morgan fingerprint density at radius 2 is 1.29 bits per heavy atom. The van der Waals surface area contributed by atoms with E-state index in [0.717, 1.165) is 0 Å². The molecular formula is C9H5BrCl6O. The lowest BCUT2D eigenvalue weighted by Gasteiger charge is -2.18. The molecule has 1 aromatic rings. The predicted octanol–water partition coefficient (Wildman–Crippen LogP) is 6.07. The van der Waals surface area contributed by atoms with Crippen molar-refractivity contribution in [3.8, 4) is 5.75 Å². The van der Waals surface area contributed by atoms with Crippen LogP contribution in [0.25, 0.3) is 0 Å². The number of ether oxygens (including phenoxy) is 1. The monoisotopic (exact) mass is 418 g/mol. The Labute approximate surface area is 137 Å². The highest BCUT2D eigenvalue weighted by atomic mass is 79.9. The molecule has 0 aliphatic rings. The maximum absolute atomic E-state index is 5.79. The van der Waals surface area contributed by atoms with E-state index in [4.69, 9.17) is 74.3 Å². The topological polar surface area (TPSA) is 9.23 Å². The lowest BCUT2D eigenvalue weighted by Crippen LogP contribution is -2.07. The van der Waals surface area contributed by atoms with E-state index in [9.17, 15) is 0 Å². The van der Waals surface area contributed by atoms with Gasteiger partial charge in [-0.25, -0.2) is 0 Å². The quantitative estimate of drug-likeness (QED) is 0.526. The number of hydrogen-bond acceptors (Lipinski definition) is 1. The molecule has 8 heteroatoms. The second-order valence-electron chi connectivity index (χ2n) is 3.00. The summed E-state index contributed by atoms with van der Waals surface area (Å²) in [4.78, 5) is 0. The molecule has 0 bridgehead atoms. The second kappa shape index (κ2) is 6.13. The third-order valence-corrected chi connectivity index (χ3v) is 3.32. The van der Waals surface area contributed by atoms with Crippen molar-refractivity contribution >= 4 is 85.5 Å². The highest BCUT2D eigenvalue weighted by Gasteiger charge is 2.29. The SMILES string of the molecule is ClC(Cl)(Cl)c1cc(OCBr)cc(C(Cl)(Cl)Cl)c1. The summed E-state index contributed by atoms with van der Waals surface area (Å²) in [5.41, 5.74) is 1.000. The molecule has 0 aromatic heterocycles. The summed E-state index contributed by atoms with van der Waals surface area (Å²) >= 11 is 37.8. The largest absolute Gasteiger partial charge is 0.482 e. The van der Waals surface area contributed by atoms with E-state index in [2.05, 4.69) is 15.9 Å². The van der Waals surface area contributed by atoms with E-state index in [0.29, 0.717) is 16.9 Å². The molecule has 0 atom stereocenters. The van der Waals surface area contributed by atoms with Crippen molar-refractivity contribution in [1.82, 2.24) is 0 Å². The molecule has 1 aromatic carbocycles. The van der Waals surface area contributed by atoms with E-state index in [1.165, 1.54) is 6.07 Å². The molecule has 0 saturated carbocycles. The molecule has 1 rings (SSSR count). The van der Waals surface area contributed by atoms with Gasteiger partial charge in [-0.1, -0.05) is 69.6 Å². The number of benzene rings is 1. The molecule has 0 unspecified atom stereocenters. The lowest BCUT2D eigenvalue weighted by atomic mass is 10.1. The van der Waals surface area contributed by atoms with Gasteiger partial charge in [0, 0.05) is 11.1 Å². The van der Waals surface area contributed by atoms with E-state index < -0.39 is 7.59 Å². The smallest absolute Gasteiger partial charge is 0.216 e. The van der Waals surface area contributed by atoms with Gasteiger partial charge in [-0.05, 0) is 34.1 Å². The molecule has 0 saturated heterocycles. The summed E-state index contributed by atoms with van der Waals surface area (Å²) < 4.78 is 2.01. The molecule has 0 aliphatic carbocycles. The summed E-state index contributed by atoms with van der Waals surface area (Å²) in [5, 5.41) is 0. The average molecular weight is 422 g/mol. The highest BCUT2D eigenvalue weighted by Crippen LogP contribution is 2.45. The van der Waals surface area contributed by atoms with Crippen LogP contribution in [0, 0.1) is 0 Å². The Balaban J connectivity index is 3.29. The van der Waals surface area contributed by atoms with Crippen LogP contribution in [0.5, 0.6) is 5.75 Å². The summed E-state index contributed by atoms with van der Waals surface area (Å²) in [6.45, 7) is 0. The van der Waals surface area contributed by atoms with Gasteiger partial charge in [0.15, 0.2) is 0 Å². The van der Waals surface area contributed by atoms with Gasteiger partial charge in [0.05, 0.1) is 0 Å². The number of hydrogen-bond donors (Lipinski definition) is 0. The van der Waals surface area contributed by atoms with Crippen molar-refractivity contribution in [3.63, 3.8) is 0 Å². The van der Waals surface area contributed by atoms with Gasteiger partial charge < -0.3 is 4.74 Å². The van der Waals surface area contributed by atoms with Gasteiger partial charge in [-0.2, -0.15) is 0 Å². The Bertz CT molecular complexity index is 365.